The van der Waals surface area contributed by atoms with Crippen LogP contribution in [-0.4, -0.2) is 42.5 Å². The maximum absolute atomic E-state index is 11.5. The second kappa shape index (κ2) is 6.38. The first-order valence-corrected chi connectivity index (χ1v) is 6.62. The summed E-state index contributed by atoms with van der Waals surface area (Å²) in [5.74, 6) is 0.244. The Hall–Kier alpha value is -2.08. The van der Waals surface area contributed by atoms with Crippen LogP contribution in [0.4, 0.5) is 5.69 Å². The van der Waals surface area contributed by atoms with Crippen LogP contribution >= 0.6 is 0 Å². The molecule has 6 nitrogen and oxygen atoms in total. The Balaban J connectivity index is 1.75. The number of nitrogen functional groups attached to an aromatic ring is 1. The van der Waals surface area contributed by atoms with Gasteiger partial charge in [-0.3, -0.25) is 19.8 Å². The number of imide groups is 1. The number of nitrogens with one attached hydrogen (secondary N) is 1. The van der Waals surface area contributed by atoms with Gasteiger partial charge in [0.1, 0.15) is 5.75 Å². The van der Waals surface area contributed by atoms with Gasteiger partial charge in [-0.25, -0.2) is 0 Å². The molecule has 0 spiro atoms. The lowest BCUT2D eigenvalue weighted by atomic mass is 10.2. The fourth-order valence-corrected chi connectivity index (χ4v) is 2.10. The molecule has 1 unspecified atom stereocenters. The van der Waals surface area contributed by atoms with Gasteiger partial charge in [-0.1, -0.05) is 6.07 Å². The van der Waals surface area contributed by atoms with E-state index in [4.69, 9.17) is 10.5 Å². The first-order valence-electron chi connectivity index (χ1n) is 6.62. The number of nitrogens with two attached hydrogens (primary N) is 1. The molecule has 1 aliphatic rings. The van der Waals surface area contributed by atoms with Crippen LogP contribution in [0, 0.1) is 0 Å². The predicted molar refractivity (Wildman–Crippen MR) is 75.2 cm³/mol. The number of carbonyl (C=O) groups is 2. The summed E-state index contributed by atoms with van der Waals surface area (Å²) < 4.78 is 5.57. The highest BCUT2D eigenvalue weighted by Crippen LogP contribution is 2.14. The Morgan fingerprint density at radius 2 is 2.25 bits per heavy atom. The number of benzene rings is 1. The molecule has 0 bridgehead atoms. The number of amides is 2. The summed E-state index contributed by atoms with van der Waals surface area (Å²) in [6.45, 7) is 3.21. The summed E-state index contributed by atoms with van der Waals surface area (Å²) in [7, 11) is 0. The smallest absolute Gasteiger partial charge is 0.243 e. The summed E-state index contributed by atoms with van der Waals surface area (Å²) in [5, 5.41) is 2.32. The van der Waals surface area contributed by atoms with Crippen LogP contribution in [0.3, 0.4) is 0 Å². The second-order valence-corrected chi connectivity index (χ2v) is 4.83. The Morgan fingerprint density at radius 1 is 1.45 bits per heavy atom. The summed E-state index contributed by atoms with van der Waals surface area (Å²) >= 11 is 0. The van der Waals surface area contributed by atoms with Crippen molar-refractivity contribution in [3.05, 3.63) is 24.3 Å². The summed E-state index contributed by atoms with van der Waals surface area (Å²) in [5.41, 5.74) is 6.32. The van der Waals surface area contributed by atoms with E-state index in [1.54, 1.807) is 19.1 Å². The van der Waals surface area contributed by atoms with Crippen molar-refractivity contribution in [2.75, 3.05) is 25.4 Å². The van der Waals surface area contributed by atoms with Crippen molar-refractivity contribution in [3.8, 4) is 5.75 Å². The van der Waals surface area contributed by atoms with Gasteiger partial charge in [-0.05, 0) is 25.5 Å². The molecule has 2 rings (SSSR count). The van der Waals surface area contributed by atoms with Crippen LogP contribution in [0.25, 0.3) is 0 Å². The fourth-order valence-electron chi connectivity index (χ4n) is 2.10. The van der Waals surface area contributed by atoms with Gasteiger partial charge in [0.25, 0.3) is 0 Å². The van der Waals surface area contributed by atoms with Crippen molar-refractivity contribution in [2.24, 2.45) is 0 Å². The van der Waals surface area contributed by atoms with Crippen molar-refractivity contribution in [2.45, 2.75) is 19.4 Å². The molecule has 1 heterocycles. The Labute approximate surface area is 117 Å². The average Bonchev–Trinajstić information content (AvgIpc) is 2.40. The molecular formula is C14H19N3O3. The Bertz CT molecular complexity index is 504. The molecule has 0 aliphatic carbocycles. The first-order chi connectivity index (χ1) is 9.56. The van der Waals surface area contributed by atoms with E-state index in [1.165, 1.54) is 0 Å². The van der Waals surface area contributed by atoms with Crippen LogP contribution in [0.2, 0.25) is 0 Å². The predicted octanol–water partition coefficient (Wildman–Crippen LogP) is 0.385. The molecular weight excluding hydrogens is 258 g/mol. The lowest BCUT2D eigenvalue weighted by molar-refractivity contribution is -0.139. The molecule has 1 atom stereocenters. The highest BCUT2D eigenvalue weighted by Gasteiger charge is 2.29. The quantitative estimate of drug-likeness (QED) is 0.462. The largest absolute Gasteiger partial charge is 0.493 e. The zero-order chi connectivity index (χ0) is 14.5. The van der Waals surface area contributed by atoms with Crippen molar-refractivity contribution < 1.29 is 14.3 Å². The summed E-state index contributed by atoms with van der Waals surface area (Å²) in [6, 6.07) is 6.96. The average molecular weight is 277 g/mol. The van der Waals surface area contributed by atoms with Gasteiger partial charge in [0, 0.05) is 18.3 Å². The summed E-state index contributed by atoms with van der Waals surface area (Å²) in [6.07, 6.45) is 0.736. The van der Waals surface area contributed by atoms with E-state index in [2.05, 4.69) is 5.32 Å². The normalized spacial score (nSPS) is 19.8. The van der Waals surface area contributed by atoms with E-state index in [-0.39, 0.29) is 24.4 Å². The fraction of sp³-hybridized carbons (Fsp3) is 0.429. The monoisotopic (exact) mass is 277 g/mol. The molecule has 0 aromatic heterocycles. The highest BCUT2D eigenvalue weighted by molar-refractivity contribution is 6.00. The van der Waals surface area contributed by atoms with Crippen molar-refractivity contribution in [3.63, 3.8) is 0 Å². The second-order valence-electron chi connectivity index (χ2n) is 4.83. The molecule has 2 amide bonds. The maximum Gasteiger partial charge on any atom is 0.243 e. The third-order valence-electron chi connectivity index (χ3n) is 3.25. The molecule has 20 heavy (non-hydrogen) atoms. The van der Waals surface area contributed by atoms with Crippen molar-refractivity contribution in [1.82, 2.24) is 10.2 Å². The van der Waals surface area contributed by atoms with Crippen LogP contribution < -0.4 is 15.8 Å². The van der Waals surface area contributed by atoms with Crippen LogP contribution in [0.1, 0.15) is 13.3 Å². The van der Waals surface area contributed by atoms with Crippen LogP contribution in [0.15, 0.2) is 24.3 Å². The third-order valence-corrected chi connectivity index (χ3v) is 3.25. The Morgan fingerprint density at radius 3 is 3.00 bits per heavy atom. The number of nitrogens with zero attached hydrogens (tertiary/aromatic N) is 1. The number of ether oxygens (including phenoxy) is 1. The van der Waals surface area contributed by atoms with Crippen molar-refractivity contribution in [1.29, 1.82) is 0 Å². The number of hydrogen-bond acceptors (Lipinski definition) is 5. The molecule has 1 aromatic rings. The van der Waals surface area contributed by atoms with E-state index in [0.717, 1.165) is 12.2 Å². The van der Waals surface area contributed by atoms with Gasteiger partial charge in [-0.2, -0.15) is 0 Å². The van der Waals surface area contributed by atoms with E-state index < -0.39 is 0 Å². The topological polar surface area (TPSA) is 84.7 Å². The minimum atomic E-state index is -0.278. The van der Waals surface area contributed by atoms with Crippen LogP contribution in [-0.2, 0) is 9.59 Å². The minimum absolute atomic E-state index is 0.238. The lowest BCUT2D eigenvalue weighted by Gasteiger charge is -2.31. The maximum atomic E-state index is 11.5. The molecule has 1 fully saturated rings. The molecule has 1 aliphatic heterocycles. The molecule has 0 radical (unpaired) electrons. The van der Waals surface area contributed by atoms with Gasteiger partial charge in [0.05, 0.1) is 19.2 Å². The third kappa shape index (κ3) is 3.71. The van der Waals surface area contributed by atoms with E-state index in [1.807, 2.05) is 17.0 Å². The number of carbonyl (C=O) groups excluding carboxylic acids is 2. The number of piperazine rings is 1. The molecule has 3 N–H and O–H groups in total. The minimum Gasteiger partial charge on any atom is -0.493 e. The zero-order valence-electron chi connectivity index (χ0n) is 11.5. The van der Waals surface area contributed by atoms with Crippen LogP contribution in [0.5, 0.6) is 5.75 Å². The van der Waals surface area contributed by atoms with Gasteiger partial charge in [0.2, 0.25) is 11.8 Å². The van der Waals surface area contributed by atoms with Gasteiger partial charge < -0.3 is 10.5 Å². The standard InChI is InChI=1S/C14H19N3O3/c1-10-14(19)16-13(18)9-17(10)6-3-7-20-12-5-2-4-11(15)8-12/h2,4-5,8,10H,3,6-7,9,15H2,1H3,(H,16,18,19). The van der Waals surface area contributed by atoms with E-state index in [0.29, 0.717) is 18.8 Å². The molecule has 108 valence electrons. The SMILES string of the molecule is CC1C(=O)NC(=O)CN1CCCOc1cccc(N)c1. The molecule has 0 saturated carbocycles. The lowest BCUT2D eigenvalue weighted by Crippen LogP contribution is -2.57. The summed E-state index contributed by atoms with van der Waals surface area (Å²) in [4.78, 5) is 24.6. The van der Waals surface area contributed by atoms with E-state index in [9.17, 15) is 9.59 Å². The first kappa shape index (κ1) is 14.3. The van der Waals surface area contributed by atoms with Gasteiger partial charge >= 0.3 is 0 Å². The number of anilines is 1. The number of hydrogen-bond donors (Lipinski definition) is 2. The highest BCUT2D eigenvalue weighted by atomic mass is 16.5. The number of rotatable bonds is 5. The molecule has 1 saturated heterocycles. The molecule has 1 aromatic carbocycles. The van der Waals surface area contributed by atoms with Gasteiger partial charge in [0.15, 0.2) is 0 Å². The van der Waals surface area contributed by atoms with E-state index >= 15 is 0 Å². The van der Waals surface area contributed by atoms with Gasteiger partial charge in [-0.15, -0.1) is 0 Å². The Kier molecular flexibility index (Phi) is 4.57. The molecule has 6 heteroatoms. The zero-order valence-corrected chi connectivity index (χ0v) is 11.5. The van der Waals surface area contributed by atoms with Crippen molar-refractivity contribution >= 4 is 17.5 Å².